The Kier molecular flexibility index (Phi) is 4.63. The van der Waals surface area contributed by atoms with Gasteiger partial charge in [-0.3, -0.25) is 4.68 Å². The molecule has 1 N–H and O–H groups in total. The summed E-state index contributed by atoms with van der Waals surface area (Å²) < 4.78 is 7.96. The lowest BCUT2D eigenvalue weighted by Crippen LogP contribution is -2.23. The van der Waals surface area contributed by atoms with Gasteiger partial charge in [0.2, 0.25) is 0 Å². The fourth-order valence-electron chi connectivity index (χ4n) is 1.45. The largest absolute Gasteiger partial charge is 0.489 e. The van der Waals surface area contributed by atoms with E-state index < -0.39 is 6.10 Å². The third-order valence-corrected chi connectivity index (χ3v) is 2.99. The lowest BCUT2D eigenvalue weighted by Gasteiger charge is -2.13. The third kappa shape index (κ3) is 3.73. The second-order valence-electron chi connectivity index (χ2n) is 3.78. The molecule has 6 heteroatoms. The minimum absolute atomic E-state index is 0.168. The number of benzene rings is 1. The van der Waals surface area contributed by atoms with Crippen LogP contribution in [0, 0.1) is 0 Å². The zero-order chi connectivity index (χ0) is 13.0. The van der Waals surface area contributed by atoms with Crippen molar-refractivity contribution in [3.63, 3.8) is 0 Å². The van der Waals surface area contributed by atoms with Crippen molar-refractivity contribution in [2.75, 3.05) is 6.61 Å². The molecule has 0 radical (unpaired) electrons. The first-order valence-corrected chi connectivity index (χ1v) is 6.55. The summed E-state index contributed by atoms with van der Waals surface area (Å²) in [6, 6.07) is 7.17. The molecule has 1 atom stereocenters. The molecule has 0 saturated carbocycles. The molecule has 2 rings (SSSR count). The number of nitrogens with zero attached hydrogens (tertiary/aromatic N) is 2. The van der Waals surface area contributed by atoms with Crippen molar-refractivity contribution in [2.45, 2.75) is 12.6 Å². The van der Waals surface area contributed by atoms with Crippen LogP contribution in [0.3, 0.4) is 0 Å². The minimum Gasteiger partial charge on any atom is -0.489 e. The van der Waals surface area contributed by atoms with E-state index in [9.17, 15) is 5.11 Å². The van der Waals surface area contributed by atoms with Crippen molar-refractivity contribution in [2.24, 2.45) is 0 Å². The van der Waals surface area contributed by atoms with E-state index in [2.05, 4.69) is 21.0 Å². The number of halogens is 2. The van der Waals surface area contributed by atoms with Gasteiger partial charge in [-0.2, -0.15) is 5.10 Å². The molecular weight excluding hydrogens is 320 g/mol. The van der Waals surface area contributed by atoms with Crippen molar-refractivity contribution < 1.29 is 9.84 Å². The molecule has 0 aliphatic carbocycles. The average Bonchev–Trinajstić information content (AvgIpc) is 2.74. The van der Waals surface area contributed by atoms with Crippen LogP contribution in [0.1, 0.15) is 0 Å². The van der Waals surface area contributed by atoms with Crippen LogP contribution >= 0.6 is 27.5 Å². The van der Waals surface area contributed by atoms with Gasteiger partial charge < -0.3 is 9.84 Å². The van der Waals surface area contributed by atoms with E-state index in [0.717, 1.165) is 4.47 Å². The van der Waals surface area contributed by atoms with E-state index in [1.54, 1.807) is 29.2 Å². The first-order chi connectivity index (χ1) is 8.65. The summed E-state index contributed by atoms with van der Waals surface area (Å²) in [6.45, 7) is 0.539. The second-order valence-corrected chi connectivity index (χ2v) is 5.10. The molecule has 96 valence electrons. The van der Waals surface area contributed by atoms with Gasteiger partial charge in [0.25, 0.3) is 0 Å². The zero-order valence-corrected chi connectivity index (χ0v) is 11.8. The highest BCUT2D eigenvalue weighted by molar-refractivity contribution is 9.10. The highest BCUT2D eigenvalue weighted by Gasteiger charge is 2.08. The summed E-state index contributed by atoms with van der Waals surface area (Å²) >= 11 is 9.23. The summed E-state index contributed by atoms with van der Waals surface area (Å²) in [4.78, 5) is 0. The molecule has 0 amide bonds. The van der Waals surface area contributed by atoms with Crippen LogP contribution in [0.15, 0.2) is 41.1 Å². The van der Waals surface area contributed by atoms with Crippen LogP contribution < -0.4 is 4.74 Å². The van der Waals surface area contributed by atoms with Crippen molar-refractivity contribution in [1.29, 1.82) is 0 Å². The molecule has 2 aromatic rings. The molecular formula is C12H12BrClN2O2. The summed E-state index contributed by atoms with van der Waals surface area (Å²) in [5, 5.41) is 14.4. The van der Waals surface area contributed by atoms with Gasteiger partial charge in [-0.25, -0.2) is 0 Å². The molecule has 4 nitrogen and oxygen atoms in total. The number of aliphatic hydroxyl groups excluding tert-OH is 1. The molecule has 1 aromatic carbocycles. The van der Waals surface area contributed by atoms with E-state index in [0.29, 0.717) is 17.3 Å². The van der Waals surface area contributed by atoms with Crippen LogP contribution in [-0.4, -0.2) is 27.6 Å². The SMILES string of the molecule is OC(COc1ccccc1Cl)Cn1cc(Br)cn1. The minimum atomic E-state index is -0.645. The summed E-state index contributed by atoms with van der Waals surface area (Å²) in [7, 11) is 0. The summed E-state index contributed by atoms with van der Waals surface area (Å²) in [5.74, 6) is 0.569. The predicted octanol–water partition coefficient (Wildman–Crippen LogP) is 2.74. The lowest BCUT2D eigenvalue weighted by atomic mass is 10.3. The Morgan fingerprint density at radius 1 is 1.44 bits per heavy atom. The Morgan fingerprint density at radius 2 is 2.22 bits per heavy atom. The first kappa shape index (κ1) is 13.4. The van der Waals surface area contributed by atoms with E-state index >= 15 is 0 Å². The average molecular weight is 332 g/mol. The lowest BCUT2D eigenvalue weighted by molar-refractivity contribution is 0.0894. The van der Waals surface area contributed by atoms with Gasteiger partial charge in [-0.05, 0) is 28.1 Å². The standard InChI is InChI=1S/C12H12BrClN2O2/c13-9-5-15-16(6-9)7-10(17)8-18-12-4-2-1-3-11(12)14/h1-6,10,17H,7-8H2. The van der Waals surface area contributed by atoms with Gasteiger partial charge >= 0.3 is 0 Å². The number of para-hydroxylation sites is 1. The summed E-state index contributed by atoms with van der Waals surface area (Å²) in [6.07, 6.45) is 2.81. The smallest absolute Gasteiger partial charge is 0.138 e. The number of aliphatic hydroxyl groups is 1. The maximum absolute atomic E-state index is 9.82. The highest BCUT2D eigenvalue weighted by atomic mass is 79.9. The molecule has 0 bridgehead atoms. The molecule has 0 aliphatic heterocycles. The van der Waals surface area contributed by atoms with Crippen molar-refractivity contribution in [3.05, 3.63) is 46.2 Å². The zero-order valence-electron chi connectivity index (χ0n) is 9.46. The predicted molar refractivity (Wildman–Crippen MR) is 72.9 cm³/mol. The van der Waals surface area contributed by atoms with Crippen LogP contribution in [0.5, 0.6) is 5.75 Å². The van der Waals surface area contributed by atoms with Gasteiger partial charge in [-0.15, -0.1) is 0 Å². The third-order valence-electron chi connectivity index (χ3n) is 2.27. The molecule has 18 heavy (non-hydrogen) atoms. The number of aromatic nitrogens is 2. The van der Waals surface area contributed by atoms with Crippen LogP contribution in [0.4, 0.5) is 0 Å². The van der Waals surface area contributed by atoms with E-state index in [4.69, 9.17) is 16.3 Å². The maximum Gasteiger partial charge on any atom is 0.138 e. The Balaban J connectivity index is 1.85. The number of ether oxygens (including phenoxy) is 1. The highest BCUT2D eigenvalue weighted by Crippen LogP contribution is 2.23. The Bertz CT molecular complexity index is 518. The molecule has 0 aliphatic rings. The topological polar surface area (TPSA) is 47.3 Å². The fraction of sp³-hybridized carbons (Fsp3) is 0.250. The van der Waals surface area contributed by atoms with Crippen LogP contribution in [0.25, 0.3) is 0 Å². The van der Waals surface area contributed by atoms with E-state index in [1.807, 2.05) is 12.1 Å². The molecule has 1 unspecified atom stereocenters. The second kappa shape index (κ2) is 6.22. The first-order valence-electron chi connectivity index (χ1n) is 5.38. The molecule has 0 fully saturated rings. The quantitative estimate of drug-likeness (QED) is 0.916. The Morgan fingerprint density at radius 3 is 2.89 bits per heavy atom. The van der Waals surface area contributed by atoms with E-state index in [-0.39, 0.29) is 6.61 Å². The Labute approximate surface area is 118 Å². The van der Waals surface area contributed by atoms with Crippen LogP contribution in [0.2, 0.25) is 5.02 Å². The fourth-order valence-corrected chi connectivity index (χ4v) is 1.97. The normalized spacial score (nSPS) is 12.4. The van der Waals surface area contributed by atoms with Gasteiger partial charge in [0.1, 0.15) is 18.5 Å². The number of hydrogen-bond donors (Lipinski definition) is 1. The monoisotopic (exact) mass is 330 g/mol. The van der Waals surface area contributed by atoms with Crippen molar-refractivity contribution >= 4 is 27.5 Å². The van der Waals surface area contributed by atoms with E-state index in [1.165, 1.54) is 0 Å². The van der Waals surface area contributed by atoms with Crippen LogP contribution in [-0.2, 0) is 6.54 Å². The Hall–Kier alpha value is -1.04. The van der Waals surface area contributed by atoms with Gasteiger partial charge in [0, 0.05) is 6.20 Å². The maximum atomic E-state index is 9.82. The molecule has 0 saturated heterocycles. The molecule has 1 heterocycles. The molecule has 0 spiro atoms. The number of hydrogen-bond acceptors (Lipinski definition) is 3. The molecule has 1 aromatic heterocycles. The van der Waals surface area contributed by atoms with Gasteiger partial charge in [0.05, 0.1) is 22.2 Å². The van der Waals surface area contributed by atoms with Gasteiger partial charge in [0.15, 0.2) is 0 Å². The van der Waals surface area contributed by atoms with Crippen molar-refractivity contribution in [3.8, 4) is 5.75 Å². The summed E-state index contributed by atoms with van der Waals surface area (Å²) in [5.41, 5.74) is 0. The number of rotatable bonds is 5. The van der Waals surface area contributed by atoms with Crippen molar-refractivity contribution in [1.82, 2.24) is 9.78 Å². The van der Waals surface area contributed by atoms with Gasteiger partial charge in [-0.1, -0.05) is 23.7 Å².